The topological polar surface area (TPSA) is 15.3 Å². The van der Waals surface area contributed by atoms with E-state index in [1.54, 1.807) is 0 Å². The Kier molecular flexibility index (Phi) is 3.45. The second-order valence-electron chi connectivity index (χ2n) is 6.67. The number of hydrogen-bond donors (Lipinski definition) is 1. The third-order valence-electron chi connectivity index (χ3n) is 5.07. The Morgan fingerprint density at radius 3 is 2.76 bits per heavy atom. The van der Waals surface area contributed by atoms with E-state index in [-0.39, 0.29) is 0 Å². The molecule has 2 heteroatoms. The Morgan fingerprint density at radius 2 is 2.12 bits per heavy atom. The first-order valence-corrected chi connectivity index (χ1v) is 7.78. The van der Waals surface area contributed by atoms with Gasteiger partial charge in [0.15, 0.2) is 0 Å². The molecule has 17 heavy (non-hydrogen) atoms. The van der Waals surface area contributed by atoms with Crippen LogP contribution in [0, 0.1) is 11.3 Å². The van der Waals surface area contributed by atoms with Crippen molar-refractivity contribution < 1.29 is 0 Å². The lowest BCUT2D eigenvalue weighted by atomic mass is 9.99. The summed E-state index contributed by atoms with van der Waals surface area (Å²) < 4.78 is 0. The van der Waals surface area contributed by atoms with Crippen LogP contribution in [-0.4, -0.2) is 37.1 Å². The van der Waals surface area contributed by atoms with E-state index in [9.17, 15) is 0 Å². The maximum absolute atomic E-state index is 3.72. The molecule has 0 radical (unpaired) electrons. The molecule has 0 amide bonds. The summed E-state index contributed by atoms with van der Waals surface area (Å²) in [7, 11) is 0. The zero-order chi connectivity index (χ0) is 11.7. The van der Waals surface area contributed by atoms with E-state index in [0.717, 1.165) is 17.4 Å². The van der Waals surface area contributed by atoms with E-state index in [0.29, 0.717) is 0 Å². The third kappa shape index (κ3) is 2.85. The molecule has 1 saturated heterocycles. The number of hydrogen-bond acceptors (Lipinski definition) is 2. The zero-order valence-electron chi connectivity index (χ0n) is 11.4. The summed E-state index contributed by atoms with van der Waals surface area (Å²) in [6, 6.07) is 0.762. The fourth-order valence-electron chi connectivity index (χ4n) is 3.76. The normalized spacial score (nSPS) is 33.4. The molecule has 3 aliphatic rings. The van der Waals surface area contributed by atoms with Gasteiger partial charge in [-0.3, -0.25) is 0 Å². The minimum absolute atomic E-state index is 0.762. The second kappa shape index (κ2) is 4.89. The lowest BCUT2D eigenvalue weighted by Gasteiger charge is -2.28. The molecule has 2 saturated carbocycles. The van der Waals surface area contributed by atoms with Crippen molar-refractivity contribution in [1.82, 2.24) is 10.2 Å². The molecule has 2 nitrogen and oxygen atoms in total. The lowest BCUT2D eigenvalue weighted by Crippen LogP contribution is -2.40. The second-order valence-corrected chi connectivity index (χ2v) is 6.67. The highest BCUT2D eigenvalue weighted by Gasteiger charge is 2.54. The van der Waals surface area contributed by atoms with E-state index < -0.39 is 0 Å². The van der Waals surface area contributed by atoms with Gasteiger partial charge < -0.3 is 10.2 Å². The minimum atomic E-state index is 0.762. The van der Waals surface area contributed by atoms with Gasteiger partial charge in [-0.15, -0.1) is 0 Å². The molecule has 98 valence electrons. The van der Waals surface area contributed by atoms with Crippen molar-refractivity contribution in [2.24, 2.45) is 11.3 Å². The van der Waals surface area contributed by atoms with Gasteiger partial charge in [-0.05, 0) is 62.9 Å². The molecule has 3 rings (SSSR count). The van der Waals surface area contributed by atoms with Crippen LogP contribution in [-0.2, 0) is 0 Å². The average Bonchev–Trinajstić information content (AvgIpc) is 3.17. The van der Waals surface area contributed by atoms with E-state index in [2.05, 4.69) is 17.1 Å². The predicted molar refractivity (Wildman–Crippen MR) is 72.1 cm³/mol. The molecule has 0 aromatic heterocycles. The van der Waals surface area contributed by atoms with Gasteiger partial charge in [-0.2, -0.15) is 0 Å². The molecular weight excluding hydrogens is 208 g/mol. The van der Waals surface area contributed by atoms with Crippen LogP contribution in [0.3, 0.4) is 0 Å². The van der Waals surface area contributed by atoms with Gasteiger partial charge in [0, 0.05) is 19.1 Å². The number of nitrogens with one attached hydrogen (secondary N) is 1. The van der Waals surface area contributed by atoms with Crippen LogP contribution in [0.25, 0.3) is 0 Å². The van der Waals surface area contributed by atoms with Crippen molar-refractivity contribution >= 4 is 0 Å². The summed E-state index contributed by atoms with van der Waals surface area (Å²) in [6.45, 7) is 7.60. The van der Waals surface area contributed by atoms with Crippen molar-refractivity contribution in [2.45, 2.75) is 57.9 Å². The number of nitrogens with zero attached hydrogens (tertiary/aromatic N) is 1. The lowest BCUT2D eigenvalue weighted by molar-refractivity contribution is 0.199. The van der Waals surface area contributed by atoms with Crippen molar-refractivity contribution in [3.63, 3.8) is 0 Å². The van der Waals surface area contributed by atoms with Gasteiger partial charge in [0.2, 0.25) is 0 Å². The molecular formula is C15H28N2. The molecule has 1 N–H and O–H groups in total. The standard InChI is InChI=1S/C15H28N2/c1-2-4-14-11-17(10-3-9-16-14)12-15(7-8-15)13-5-6-13/h13-14,16H,2-12H2,1H3. The van der Waals surface area contributed by atoms with Crippen LogP contribution in [0.5, 0.6) is 0 Å². The fraction of sp³-hybridized carbons (Fsp3) is 1.00. The predicted octanol–water partition coefficient (Wildman–Crippen LogP) is 2.64. The smallest absolute Gasteiger partial charge is 0.0194 e. The highest BCUT2D eigenvalue weighted by atomic mass is 15.2. The SMILES string of the molecule is CCCC1CN(CC2(C3CC3)CC2)CCCN1. The minimum Gasteiger partial charge on any atom is -0.313 e. The summed E-state index contributed by atoms with van der Waals surface area (Å²) in [5, 5.41) is 3.72. The van der Waals surface area contributed by atoms with Gasteiger partial charge in [-0.1, -0.05) is 13.3 Å². The molecule has 3 fully saturated rings. The Hall–Kier alpha value is -0.0800. The van der Waals surface area contributed by atoms with E-state index in [4.69, 9.17) is 0 Å². The van der Waals surface area contributed by atoms with E-state index in [1.807, 2.05) is 0 Å². The summed E-state index contributed by atoms with van der Waals surface area (Å²) >= 11 is 0. The first-order chi connectivity index (χ1) is 8.32. The Balaban J connectivity index is 1.54. The molecule has 1 atom stereocenters. The van der Waals surface area contributed by atoms with E-state index in [1.165, 1.54) is 71.1 Å². The van der Waals surface area contributed by atoms with Gasteiger partial charge in [0.25, 0.3) is 0 Å². The maximum atomic E-state index is 3.72. The van der Waals surface area contributed by atoms with Crippen LogP contribution in [0.4, 0.5) is 0 Å². The summed E-state index contributed by atoms with van der Waals surface area (Å²) in [6.07, 6.45) is 10.1. The highest BCUT2D eigenvalue weighted by molar-refractivity contribution is 5.05. The van der Waals surface area contributed by atoms with Crippen molar-refractivity contribution in [3.8, 4) is 0 Å². The monoisotopic (exact) mass is 236 g/mol. The van der Waals surface area contributed by atoms with Crippen molar-refractivity contribution in [3.05, 3.63) is 0 Å². The molecule has 1 aliphatic heterocycles. The van der Waals surface area contributed by atoms with E-state index >= 15 is 0 Å². The molecule has 0 spiro atoms. The number of rotatable bonds is 5. The van der Waals surface area contributed by atoms with Gasteiger partial charge >= 0.3 is 0 Å². The molecule has 1 unspecified atom stereocenters. The molecule has 1 heterocycles. The third-order valence-corrected chi connectivity index (χ3v) is 5.07. The molecule has 2 aliphatic carbocycles. The van der Waals surface area contributed by atoms with Crippen LogP contribution < -0.4 is 5.32 Å². The molecule has 0 bridgehead atoms. The maximum Gasteiger partial charge on any atom is 0.0194 e. The van der Waals surface area contributed by atoms with Crippen molar-refractivity contribution in [2.75, 3.05) is 26.2 Å². The van der Waals surface area contributed by atoms with Crippen LogP contribution >= 0.6 is 0 Å². The Bertz CT molecular complexity index is 256. The Morgan fingerprint density at radius 1 is 1.29 bits per heavy atom. The largest absolute Gasteiger partial charge is 0.313 e. The summed E-state index contributed by atoms with van der Waals surface area (Å²) in [4.78, 5) is 2.78. The zero-order valence-corrected chi connectivity index (χ0v) is 11.4. The van der Waals surface area contributed by atoms with Crippen LogP contribution in [0.2, 0.25) is 0 Å². The Labute approximate surface area is 106 Å². The average molecular weight is 236 g/mol. The van der Waals surface area contributed by atoms with Gasteiger partial charge in [-0.25, -0.2) is 0 Å². The van der Waals surface area contributed by atoms with Crippen LogP contribution in [0.15, 0.2) is 0 Å². The first kappa shape index (κ1) is 12.0. The summed E-state index contributed by atoms with van der Waals surface area (Å²) in [5.74, 6) is 1.11. The summed E-state index contributed by atoms with van der Waals surface area (Å²) in [5.41, 5.74) is 0.793. The molecule has 0 aromatic carbocycles. The molecule has 0 aromatic rings. The fourth-order valence-corrected chi connectivity index (χ4v) is 3.76. The van der Waals surface area contributed by atoms with Gasteiger partial charge in [0.05, 0.1) is 0 Å². The van der Waals surface area contributed by atoms with Gasteiger partial charge in [0.1, 0.15) is 0 Å². The van der Waals surface area contributed by atoms with Crippen molar-refractivity contribution in [1.29, 1.82) is 0 Å². The quantitative estimate of drug-likeness (QED) is 0.789. The highest BCUT2D eigenvalue weighted by Crippen LogP contribution is 2.61. The first-order valence-electron chi connectivity index (χ1n) is 7.78. The van der Waals surface area contributed by atoms with Crippen LogP contribution in [0.1, 0.15) is 51.9 Å².